The third kappa shape index (κ3) is 5.14. The zero-order chi connectivity index (χ0) is 12.1. The molecule has 1 atom stereocenters. The smallest absolute Gasteiger partial charge is 0.242 e. The highest BCUT2D eigenvalue weighted by atomic mass is 16.2. The molecule has 0 saturated heterocycles. The molecule has 4 nitrogen and oxygen atoms in total. The van der Waals surface area contributed by atoms with E-state index in [2.05, 4.69) is 4.90 Å². The molecule has 0 aromatic heterocycles. The molecule has 0 heterocycles. The van der Waals surface area contributed by atoms with Crippen LogP contribution in [0.2, 0.25) is 0 Å². The number of hydrogen-bond acceptors (Lipinski definition) is 3. The Morgan fingerprint density at radius 1 is 1.27 bits per heavy atom. The molecule has 0 aliphatic carbocycles. The maximum Gasteiger partial charge on any atom is 0.242 e. The predicted molar refractivity (Wildman–Crippen MR) is 63.7 cm³/mol. The summed E-state index contributed by atoms with van der Waals surface area (Å²) in [5, 5.41) is 0. The highest BCUT2D eigenvalue weighted by Crippen LogP contribution is 2.08. The average Bonchev–Trinajstić information content (AvgIpc) is 2.15. The highest BCUT2D eigenvalue weighted by Gasteiger charge is 2.28. The zero-order valence-corrected chi connectivity index (χ0v) is 10.7. The first-order valence-corrected chi connectivity index (χ1v) is 5.50. The molecule has 0 radical (unpaired) electrons. The van der Waals surface area contributed by atoms with Crippen molar-refractivity contribution in [1.29, 1.82) is 0 Å². The second-order valence-corrected chi connectivity index (χ2v) is 4.65. The molecule has 0 aliphatic heterocycles. The Bertz CT molecular complexity index is 202. The number of carbonyl (C=O) groups excluding carboxylic acids is 1. The van der Waals surface area contributed by atoms with Crippen LogP contribution in [0.3, 0.4) is 0 Å². The maximum absolute atomic E-state index is 11.9. The second kappa shape index (κ2) is 6.08. The Labute approximate surface area is 93.4 Å². The van der Waals surface area contributed by atoms with Crippen LogP contribution in [0.15, 0.2) is 0 Å². The van der Waals surface area contributed by atoms with E-state index >= 15 is 0 Å². The van der Waals surface area contributed by atoms with Gasteiger partial charge in [0.25, 0.3) is 0 Å². The Hall–Kier alpha value is -0.610. The SMILES string of the molecule is CCC(C)(N)C(=O)N(C)CCCN(C)C. The van der Waals surface area contributed by atoms with Gasteiger partial charge in [-0.1, -0.05) is 6.92 Å². The number of carbonyl (C=O) groups is 1. The Kier molecular flexibility index (Phi) is 5.83. The van der Waals surface area contributed by atoms with Gasteiger partial charge in [0.15, 0.2) is 0 Å². The molecule has 2 N–H and O–H groups in total. The summed E-state index contributed by atoms with van der Waals surface area (Å²) >= 11 is 0. The molecule has 90 valence electrons. The van der Waals surface area contributed by atoms with E-state index in [0.717, 1.165) is 19.5 Å². The molecule has 1 amide bonds. The molecule has 0 bridgehead atoms. The maximum atomic E-state index is 11.9. The monoisotopic (exact) mass is 215 g/mol. The van der Waals surface area contributed by atoms with Gasteiger partial charge < -0.3 is 15.5 Å². The molecule has 15 heavy (non-hydrogen) atoms. The van der Waals surface area contributed by atoms with Crippen molar-refractivity contribution in [3.63, 3.8) is 0 Å². The molecule has 0 saturated carbocycles. The summed E-state index contributed by atoms with van der Waals surface area (Å²) in [5.74, 6) is 0.0313. The Morgan fingerprint density at radius 3 is 2.20 bits per heavy atom. The van der Waals surface area contributed by atoms with Crippen molar-refractivity contribution in [1.82, 2.24) is 9.80 Å². The summed E-state index contributed by atoms with van der Waals surface area (Å²) in [7, 11) is 5.88. The Balaban J connectivity index is 4.00. The molecule has 0 aromatic carbocycles. The van der Waals surface area contributed by atoms with E-state index < -0.39 is 5.54 Å². The van der Waals surface area contributed by atoms with Gasteiger partial charge in [0.05, 0.1) is 5.54 Å². The van der Waals surface area contributed by atoms with E-state index in [-0.39, 0.29) is 5.91 Å². The van der Waals surface area contributed by atoms with E-state index in [9.17, 15) is 4.79 Å². The molecule has 0 rings (SSSR count). The van der Waals surface area contributed by atoms with Gasteiger partial charge in [-0.25, -0.2) is 0 Å². The summed E-state index contributed by atoms with van der Waals surface area (Å²) in [6, 6.07) is 0. The molecule has 0 fully saturated rings. The van der Waals surface area contributed by atoms with E-state index in [4.69, 9.17) is 5.73 Å². The minimum Gasteiger partial charge on any atom is -0.344 e. The van der Waals surface area contributed by atoms with Gasteiger partial charge in [0.2, 0.25) is 5.91 Å². The number of likely N-dealkylation sites (N-methyl/N-ethyl adjacent to an activating group) is 1. The van der Waals surface area contributed by atoms with Crippen LogP contribution in [0.25, 0.3) is 0 Å². The third-order valence-corrected chi connectivity index (χ3v) is 2.67. The fraction of sp³-hybridized carbons (Fsp3) is 0.909. The first-order valence-electron chi connectivity index (χ1n) is 5.50. The lowest BCUT2D eigenvalue weighted by molar-refractivity contribution is -0.135. The quantitative estimate of drug-likeness (QED) is 0.703. The van der Waals surface area contributed by atoms with Gasteiger partial charge in [-0.3, -0.25) is 4.79 Å². The summed E-state index contributed by atoms with van der Waals surface area (Å²) in [6.45, 7) is 5.48. The van der Waals surface area contributed by atoms with Crippen LogP contribution in [-0.4, -0.2) is 55.5 Å². The lowest BCUT2D eigenvalue weighted by Crippen LogP contribution is -2.52. The number of amides is 1. The highest BCUT2D eigenvalue weighted by molar-refractivity contribution is 5.85. The van der Waals surface area contributed by atoms with Gasteiger partial charge in [-0.2, -0.15) is 0 Å². The fourth-order valence-electron chi connectivity index (χ4n) is 1.31. The standard InChI is InChI=1S/C11H25N3O/c1-6-11(2,12)10(15)14(5)9-7-8-13(3)4/h6-9,12H2,1-5H3. The average molecular weight is 215 g/mol. The van der Waals surface area contributed by atoms with Crippen LogP contribution in [0, 0.1) is 0 Å². The number of hydrogen-bond donors (Lipinski definition) is 1. The minimum absolute atomic E-state index is 0.0313. The molecule has 4 heteroatoms. The van der Waals surface area contributed by atoms with Crippen LogP contribution >= 0.6 is 0 Å². The van der Waals surface area contributed by atoms with Crippen LogP contribution in [0.5, 0.6) is 0 Å². The number of nitrogens with two attached hydrogens (primary N) is 1. The minimum atomic E-state index is -0.715. The van der Waals surface area contributed by atoms with E-state index in [1.807, 2.05) is 28.1 Å². The van der Waals surface area contributed by atoms with Gasteiger partial charge >= 0.3 is 0 Å². The molecular formula is C11H25N3O. The first-order chi connectivity index (χ1) is 6.81. The molecular weight excluding hydrogens is 190 g/mol. The van der Waals surface area contributed by atoms with E-state index in [0.29, 0.717) is 6.42 Å². The summed E-state index contributed by atoms with van der Waals surface area (Å²) in [5.41, 5.74) is 5.17. The molecule has 1 unspecified atom stereocenters. The van der Waals surface area contributed by atoms with Gasteiger partial charge in [0.1, 0.15) is 0 Å². The lowest BCUT2D eigenvalue weighted by atomic mass is 9.99. The number of rotatable bonds is 6. The van der Waals surface area contributed by atoms with Crippen molar-refractivity contribution in [2.45, 2.75) is 32.2 Å². The largest absolute Gasteiger partial charge is 0.344 e. The molecule has 0 aromatic rings. The van der Waals surface area contributed by atoms with Crippen molar-refractivity contribution in [3.05, 3.63) is 0 Å². The van der Waals surface area contributed by atoms with Crippen LogP contribution in [-0.2, 0) is 4.79 Å². The van der Waals surface area contributed by atoms with E-state index in [1.165, 1.54) is 0 Å². The first kappa shape index (κ1) is 14.4. The van der Waals surface area contributed by atoms with Crippen LogP contribution in [0.1, 0.15) is 26.7 Å². The predicted octanol–water partition coefficient (Wildman–Crippen LogP) is 0.524. The van der Waals surface area contributed by atoms with Gasteiger partial charge in [-0.15, -0.1) is 0 Å². The molecule has 0 aliphatic rings. The second-order valence-electron chi connectivity index (χ2n) is 4.65. The fourth-order valence-corrected chi connectivity index (χ4v) is 1.31. The van der Waals surface area contributed by atoms with Crippen molar-refractivity contribution in [2.75, 3.05) is 34.2 Å². The van der Waals surface area contributed by atoms with Crippen molar-refractivity contribution < 1.29 is 4.79 Å². The molecule has 0 spiro atoms. The lowest BCUT2D eigenvalue weighted by Gasteiger charge is -2.28. The normalized spacial score (nSPS) is 15.1. The van der Waals surface area contributed by atoms with Crippen LogP contribution in [0.4, 0.5) is 0 Å². The van der Waals surface area contributed by atoms with E-state index in [1.54, 1.807) is 11.8 Å². The summed E-state index contributed by atoms with van der Waals surface area (Å²) < 4.78 is 0. The summed E-state index contributed by atoms with van der Waals surface area (Å²) in [6.07, 6.45) is 1.65. The van der Waals surface area contributed by atoms with Gasteiger partial charge in [0, 0.05) is 13.6 Å². The zero-order valence-electron chi connectivity index (χ0n) is 10.7. The third-order valence-electron chi connectivity index (χ3n) is 2.67. The van der Waals surface area contributed by atoms with Gasteiger partial charge in [-0.05, 0) is 40.4 Å². The number of nitrogens with zero attached hydrogens (tertiary/aromatic N) is 2. The van der Waals surface area contributed by atoms with Crippen molar-refractivity contribution >= 4 is 5.91 Å². The van der Waals surface area contributed by atoms with Crippen LogP contribution < -0.4 is 5.73 Å². The Morgan fingerprint density at radius 2 is 1.80 bits per heavy atom. The topological polar surface area (TPSA) is 49.6 Å². The van der Waals surface area contributed by atoms with Crippen molar-refractivity contribution in [3.8, 4) is 0 Å². The van der Waals surface area contributed by atoms with Crippen molar-refractivity contribution in [2.24, 2.45) is 5.73 Å². The summed E-state index contributed by atoms with van der Waals surface area (Å²) in [4.78, 5) is 15.7.